The van der Waals surface area contributed by atoms with Gasteiger partial charge in [-0.15, -0.1) is 10.2 Å². The molecule has 0 aliphatic rings. The first kappa shape index (κ1) is 23.6. The van der Waals surface area contributed by atoms with Gasteiger partial charge in [-0.1, -0.05) is 42.5 Å². The quantitative estimate of drug-likeness (QED) is 0.392. The van der Waals surface area contributed by atoms with E-state index in [9.17, 15) is 14.0 Å². The van der Waals surface area contributed by atoms with E-state index < -0.39 is 28.4 Å². The van der Waals surface area contributed by atoms with Crippen LogP contribution in [0.1, 0.15) is 28.9 Å². The molecule has 2 rings (SSSR count). The van der Waals surface area contributed by atoms with E-state index in [4.69, 9.17) is 23.4 Å². The monoisotopic (exact) mass is 415 g/mol. The molecule has 2 atom stereocenters. The molecule has 8 nitrogen and oxygen atoms in total. The normalized spacial score (nSPS) is 13.0. The molecule has 152 valence electrons. The lowest BCUT2D eigenvalue weighted by atomic mass is 9.94. The van der Waals surface area contributed by atoms with Gasteiger partial charge >= 0.3 is 5.97 Å². The molecule has 0 amide bonds. The number of carbonyl (C=O) groups is 2. The maximum atomic E-state index is 13.1. The highest BCUT2D eigenvalue weighted by atomic mass is 35.7. The topological polar surface area (TPSA) is 152 Å². The van der Waals surface area contributed by atoms with E-state index in [1.165, 1.54) is 31.2 Å². The Morgan fingerprint density at radius 1 is 1.00 bits per heavy atom. The summed E-state index contributed by atoms with van der Waals surface area (Å²) in [5.74, 6) is -1.03. The second-order valence-corrected chi connectivity index (χ2v) is 6.30. The van der Waals surface area contributed by atoms with Gasteiger partial charge < -0.3 is 10.1 Å². The molecule has 0 aromatic heterocycles. The lowest BCUT2D eigenvalue weighted by Crippen LogP contribution is -2.89. The molecule has 0 spiro atoms. The van der Waals surface area contributed by atoms with Gasteiger partial charge in [0.2, 0.25) is 5.78 Å². The predicted octanol–water partition coefficient (Wildman–Crippen LogP) is -2.88. The van der Waals surface area contributed by atoms with Crippen LogP contribution < -0.4 is 24.0 Å². The maximum absolute atomic E-state index is 13.1. The summed E-state index contributed by atoms with van der Waals surface area (Å²) in [6.45, 7) is 1.29. The third-order valence-corrected chi connectivity index (χ3v) is 3.54. The van der Waals surface area contributed by atoms with E-state index in [0.717, 1.165) is 0 Å². The van der Waals surface area contributed by atoms with E-state index in [2.05, 4.69) is 0 Å². The fourth-order valence-electron chi connectivity index (χ4n) is 2.44. The van der Waals surface area contributed by atoms with Crippen LogP contribution in [0.3, 0.4) is 0 Å². The zero-order chi connectivity index (χ0) is 21.3. The fourth-order valence-corrected chi connectivity index (χ4v) is 2.44. The molecule has 10 heteroatoms. The number of quaternary nitrogens is 1. The molecule has 0 saturated carbocycles. The highest BCUT2D eigenvalue weighted by Gasteiger charge is 2.35. The Balaban J connectivity index is 0.000000696. The summed E-state index contributed by atoms with van der Waals surface area (Å²) in [6.07, 6.45) is -0.786. The number of ether oxygens (including phenoxy) is 1. The van der Waals surface area contributed by atoms with E-state index in [1.807, 2.05) is 6.07 Å². The molecule has 0 radical (unpaired) electrons. The molecule has 28 heavy (non-hydrogen) atoms. The van der Waals surface area contributed by atoms with Crippen molar-refractivity contribution in [2.45, 2.75) is 19.1 Å². The van der Waals surface area contributed by atoms with Crippen molar-refractivity contribution in [3.63, 3.8) is 0 Å². The number of likely N-dealkylation sites (N-methyl/N-ethyl adjacent to an activating group) is 1. The Morgan fingerprint density at radius 2 is 1.50 bits per heavy atom. The standard InChI is InChI=1S/C18H18FNO3.ClHO4/c1-12(21)23-18(14-8-10-15(19)11-9-14)16(20-2)17(22)13-6-4-3-5-7-13;2-1(3,4)5/h3-11,16,18,20H,1-2H3;(H,2,3,4,5). The van der Waals surface area contributed by atoms with Gasteiger partial charge in [0.25, 0.3) is 0 Å². The zero-order valence-electron chi connectivity index (χ0n) is 15.0. The Kier molecular flexibility index (Phi) is 9.13. The average molecular weight is 416 g/mol. The number of hydrogen-bond acceptors (Lipinski definition) is 7. The molecule has 0 heterocycles. The molecule has 2 N–H and O–H groups in total. The van der Waals surface area contributed by atoms with Crippen molar-refractivity contribution >= 4 is 11.8 Å². The van der Waals surface area contributed by atoms with Crippen molar-refractivity contribution in [1.29, 1.82) is 0 Å². The average Bonchev–Trinajstić information content (AvgIpc) is 2.61. The molecular weight excluding hydrogens is 397 g/mol. The number of hydrogen-bond donors (Lipinski definition) is 1. The van der Waals surface area contributed by atoms with Gasteiger partial charge in [-0.05, 0) is 17.7 Å². The van der Waals surface area contributed by atoms with Crippen molar-refractivity contribution in [3.05, 3.63) is 71.5 Å². The second-order valence-electron chi connectivity index (χ2n) is 5.55. The van der Waals surface area contributed by atoms with Crippen LogP contribution >= 0.6 is 0 Å². The summed E-state index contributed by atoms with van der Waals surface area (Å²) >= 11 is 0. The first-order chi connectivity index (χ1) is 13.0. The number of halogens is 2. The number of nitrogens with two attached hydrogens (primary N) is 1. The van der Waals surface area contributed by atoms with Gasteiger partial charge in [0.1, 0.15) is 5.82 Å². The van der Waals surface area contributed by atoms with Crippen LogP contribution in [0.4, 0.5) is 4.39 Å². The van der Waals surface area contributed by atoms with Crippen LogP contribution in [0.25, 0.3) is 0 Å². The molecule has 2 aromatic rings. The van der Waals surface area contributed by atoms with Gasteiger partial charge in [-0.2, -0.15) is 0 Å². The number of rotatable bonds is 6. The Morgan fingerprint density at radius 3 is 1.93 bits per heavy atom. The summed E-state index contributed by atoms with van der Waals surface area (Å²) in [6, 6.07) is 13.8. The Labute approximate surface area is 162 Å². The van der Waals surface area contributed by atoms with Gasteiger partial charge in [-0.25, -0.2) is 23.0 Å². The third kappa shape index (κ3) is 8.53. The maximum Gasteiger partial charge on any atom is 0.303 e. The lowest BCUT2D eigenvalue weighted by molar-refractivity contribution is -2.00. The minimum absolute atomic E-state index is 0.149. The summed E-state index contributed by atoms with van der Waals surface area (Å²) < 4.78 is 52.5. The largest absolute Gasteiger partial charge is 0.451 e. The minimum atomic E-state index is -4.94. The Bertz CT molecular complexity index is 760. The first-order valence-electron chi connectivity index (χ1n) is 7.96. The summed E-state index contributed by atoms with van der Waals surface area (Å²) in [5, 5.41) is 1.70. The lowest BCUT2D eigenvalue weighted by Gasteiger charge is -2.23. The van der Waals surface area contributed by atoms with Crippen LogP contribution in [0.2, 0.25) is 0 Å². The number of benzene rings is 2. The third-order valence-electron chi connectivity index (χ3n) is 3.54. The minimum Gasteiger partial charge on any atom is -0.451 e. The predicted molar refractivity (Wildman–Crippen MR) is 83.3 cm³/mol. The van der Waals surface area contributed by atoms with Crippen LogP contribution in [0, 0.1) is 16.1 Å². The zero-order valence-corrected chi connectivity index (χ0v) is 15.8. The smallest absolute Gasteiger partial charge is 0.303 e. The van der Waals surface area contributed by atoms with Gasteiger partial charge in [0.15, 0.2) is 12.1 Å². The van der Waals surface area contributed by atoms with E-state index >= 15 is 0 Å². The molecular formula is C18H19ClFNO7. The van der Waals surface area contributed by atoms with Crippen LogP contribution in [-0.2, 0) is 9.53 Å². The number of carbonyl (C=O) groups excluding carboxylic acids is 2. The van der Waals surface area contributed by atoms with Gasteiger partial charge in [-0.3, -0.25) is 9.59 Å². The number of ketones is 1. The molecule has 0 aliphatic carbocycles. The Hall–Kier alpha value is -2.40. The highest BCUT2D eigenvalue weighted by Crippen LogP contribution is 2.23. The first-order valence-corrected chi connectivity index (χ1v) is 9.19. The summed E-state index contributed by atoms with van der Waals surface area (Å²) in [5.41, 5.74) is 1.11. The van der Waals surface area contributed by atoms with E-state index in [-0.39, 0.29) is 11.6 Å². The molecule has 2 aromatic carbocycles. The van der Waals surface area contributed by atoms with E-state index in [0.29, 0.717) is 11.1 Å². The van der Waals surface area contributed by atoms with Crippen molar-refractivity contribution < 1.29 is 52.9 Å². The molecule has 0 aliphatic heterocycles. The fraction of sp³-hybridized carbons (Fsp3) is 0.222. The number of esters is 1. The van der Waals surface area contributed by atoms with Gasteiger partial charge in [0.05, 0.1) is 7.05 Å². The van der Waals surface area contributed by atoms with Crippen molar-refractivity contribution in [2.24, 2.45) is 0 Å². The molecule has 2 unspecified atom stereocenters. The van der Waals surface area contributed by atoms with Crippen LogP contribution in [0.15, 0.2) is 54.6 Å². The summed E-state index contributed by atoms with van der Waals surface area (Å²) in [7, 11) is -3.20. The molecule has 0 bridgehead atoms. The SMILES string of the molecule is C[NH2+]C(C(=O)c1ccccc1)C(OC(C)=O)c1ccc(F)cc1.[O-][Cl+3]([O-])([O-])[O-]. The number of Topliss-reactive ketones (excluding diaryl/α,β-unsaturated/α-hetero) is 1. The van der Waals surface area contributed by atoms with Crippen LogP contribution in [-0.4, -0.2) is 24.8 Å². The van der Waals surface area contributed by atoms with Crippen molar-refractivity contribution in [2.75, 3.05) is 7.05 Å². The highest BCUT2D eigenvalue weighted by molar-refractivity contribution is 5.99. The summed E-state index contributed by atoms with van der Waals surface area (Å²) in [4.78, 5) is 24.2. The molecule has 0 saturated heterocycles. The van der Waals surface area contributed by atoms with Crippen molar-refractivity contribution in [3.8, 4) is 0 Å². The van der Waals surface area contributed by atoms with E-state index in [1.54, 1.807) is 36.6 Å². The second kappa shape index (κ2) is 10.8. The van der Waals surface area contributed by atoms with Gasteiger partial charge in [0, 0.05) is 12.5 Å². The van der Waals surface area contributed by atoms with Crippen LogP contribution in [0.5, 0.6) is 0 Å². The van der Waals surface area contributed by atoms with Crippen molar-refractivity contribution in [1.82, 2.24) is 0 Å². The molecule has 0 fully saturated rings.